The van der Waals surface area contributed by atoms with Crippen molar-refractivity contribution in [1.29, 1.82) is 0 Å². The highest BCUT2D eigenvalue weighted by molar-refractivity contribution is 6.31. The Morgan fingerprint density at radius 2 is 2.00 bits per heavy atom. The Balaban J connectivity index is 1.75. The van der Waals surface area contributed by atoms with Crippen molar-refractivity contribution in [1.82, 2.24) is 19.6 Å². The van der Waals surface area contributed by atoms with Crippen LogP contribution < -0.4 is 5.56 Å². The van der Waals surface area contributed by atoms with Crippen LogP contribution in [-0.4, -0.2) is 19.6 Å². The number of halogens is 2. The van der Waals surface area contributed by atoms with E-state index in [1.54, 1.807) is 23.0 Å². The van der Waals surface area contributed by atoms with Crippen LogP contribution in [0, 0.1) is 19.7 Å². The lowest BCUT2D eigenvalue weighted by atomic mass is 10.1. The van der Waals surface area contributed by atoms with Crippen molar-refractivity contribution < 1.29 is 4.39 Å². The van der Waals surface area contributed by atoms with E-state index in [9.17, 15) is 9.18 Å². The Morgan fingerprint density at radius 3 is 2.70 bits per heavy atom. The Kier molecular flexibility index (Phi) is 4.47. The first-order valence-corrected chi connectivity index (χ1v) is 10.3. The molecule has 0 aliphatic heterocycles. The van der Waals surface area contributed by atoms with Gasteiger partial charge in [-0.25, -0.2) is 13.8 Å². The molecule has 5 nitrogen and oxygen atoms in total. The van der Waals surface area contributed by atoms with Crippen molar-refractivity contribution in [3.8, 4) is 5.69 Å². The van der Waals surface area contributed by atoms with Crippen molar-refractivity contribution in [3.05, 3.63) is 86.2 Å². The maximum absolute atomic E-state index is 14.4. The van der Waals surface area contributed by atoms with Crippen molar-refractivity contribution in [2.45, 2.75) is 39.2 Å². The summed E-state index contributed by atoms with van der Waals surface area (Å²) in [6, 6.07) is 10.5. The van der Waals surface area contributed by atoms with Gasteiger partial charge in [-0.3, -0.25) is 4.79 Å². The fraction of sp³-hybridized carbons (Fsp3) is 0.261. The van der Waals surface area contributed by atoms with E-state index in [0.717, 1.165) is 40.7 Å². The standard InChI is InChI=1S/C23H20ClFN4O/c1-13-6-9-20(14(2)10-13)29-22-16(11-26-29)21(15-7-8-15)27-28(23(22)30)12-17-18(24)4-3-5-19(17)25/h3-6,9-11,15H,7-8,12H2,1-2H3. The predicted molar refractivity (Wildman–Crippen MR) is 115 cm³/mol. The van der Waals surface area contributed by atoms with Crippen LogP contribution in [0.3, 0.4) is 0 Å². The Morgan fingerprint density at radius 1 is 1.20 bits per heavy atom. The Bertz CT molecular complexity index is 1330. The minimum atomic E-state index is -0.452. The van der Waals surface area contributed by atoms with Gasteiger partial charge in [0.1, 0.15) is 11.3 Å². The second-order valence-electron chi connectivity index (χ2n) is 7.93. The molecule has 1 aliphatic rings. The lowest BCUT2D eigenvalue weighted by Crippen LogP contribution is -2.27. The van der Waals surface area contributed by atoms with Crippen LogP contribution in [-0.2, 0) is 6.54 Å². The molecule has 0 atom stereocenters. The fourth-order valence-corrected chi connectivity index (χ4v) is 4.14. The minimum Gasteiger partial charge on any atom is -0.265 e. The normalized spacial score (nSPS) is 13.9. The van der Waals surface area contributed by atoms with Gasteiger partial charge in [0, 0.05) is 21.9 Å². The van der Waals surface area contributed by atoms with Crippen molar-refractivity contribution >= 4 is 22.5 Å². The Hall–Kier alpha value is -2.99. The van der Waals surface area contributed by atoms with Crippen LogP contribution in [0.15, 0.2) is 47.4 Å². The average Bonchev–Trinajstić information content (AvgIpc) is 3.45. The molecule has 0 N–H and O–H groups in total. The summed E-state index contributed by atoms with van der Waals surface area (Å²) in [5.74, 6) is -0.153. The number of aryl methyl sites for hydroxylation is 2. The molecule has 0 saturated heterocycles. The molecule has 1 fully saturated rings. The zero-order chi connectivity index (χ0) is 21.0. The number of nitrogens with zero attached hydrogens (tertiary/aromatic N) is 4. The summed E-state index contributed by atoms with van der Waals surface area (Å²) >= 11 is 6.21. The number of rotatable bonds is 4. The van der Waals surface area contributed by atoms with Crippen molar-refractivity contribution in [2.24, 2.45) is 0 Å². The monoisotopic (exact) mass is 422 g/mol. The molecule has 5 rings (SSSR count). The molecule has 4 aromatic rings. The molecule has 0 unspecified atom stereocenters. The van der Waals surface area contributed by atoms with Gasteiger partial charge in [0.25, 0.3) is 5.56 Å². The molecule has 30 heavy (non-hydrogen) atoms. The number of fused-ring (bicyclic) bond motifs is 1. The van der Waals surface area contributed by atoms with E-state index < -0.39 is 5.82 Å². The number of hydrogen-bond acceptors (Lipinski definition) is 3. The van der Waals surface area contributed by atoms with Gasteiger partial charge in [-0.2, -0.15) is 10.2 Å². The second-order valence-corrected chi connectivity index (χ2v) is 8.34. The molecule has 2 aromatic heterocycles. The van der Waals surface area contributed by atoms with E-state index in [1.165, 1.54) is 10.7 Å². The van der Waals surface area contributed by atoms with Gasteiger partial charge in [-0.05, 0) is 50.5 Å². The SMILES string of the molecule is Cc1ccc(-n2ncc3c(C4CC4)nn(Cc4c(F)cccc4Cl)c(=O)c32)c(C)c1. The highest BCUT2D eigenvalue weighted by Crippen LogP contribution is 2.41. The lowest BCUT2D eigenvalue weighted by Gasteiger charge is -2.12. The quantitative estimate of drug-likeness (QED) is 0.469. The summed E-state index contributed by atoms with van der Waals surface area (Å²) in [5.41, 5.74) is 4.25. The van der Waals surface area contributed by atoms with E-state index in [1.807, 2.05) is 26.0 Å². The fourth-order valence-electron chi connectivity index (χ4n) is 3.92. The van der Waals surface area contributed by atoms with Gasteiger partial charge in [0.05, 0.1) is 24.1 Å². The van der Waals surface area contributed by atoms with E-state index in [4.69, 9.17) is 11.6 Å². The second kappa shape index (κ2) is 7.06. The molecule has 1 saturated carbocycles. The van der Waals surface area contributed by atoms with Gasteiger partial charge in [0.2, 0.25) is 0 Å². The van der Waals surface area contributed by atoms with Crippen molar-refractivity contribution in [2.75, 3.05) is 0 Å². The third kappa shape index (κ3) is 3.12. The molecular weight excluding hydrogens is 403 g/mol. The molecule has 1 aliphatic carbocycles. The van der Waals surface area contributed by atoms with Crippen LogP contribution >= 0.6 is 11.6 Å². The maximum atomic E-state index is 14.4. The molecule has 2 heterocycles. The molecule has 0 bridgehead atoms. The third-order valence-electron chi connectivity index (χ3n) is 5.62. The van der Waals surface area contributed by atoms with Gasteiger partial charge in [-0.15, -0.1) is 0 Å². The number of benzene rings is 2. The predicted octanol–water partition coefficient (Wildman–Crippen LogP) is 4.92. The van der Waals surface area contributed by atoms with Gasteiger partial charge in [-0.1, -0.05) is 35.4 Å². The Labute approximate surface area is 177 Å². The van der Waals surface area contributed by atoms with E-state index in [0.29, 0.717) is 11.4 Å². The summed E-state index contributed by atoms with van der Waals surface area (Å²) in [6.07, 6.45) is 3.77. The van der Waals surface area contributed by atoms with Crippen molar-refractivity contribution in [3.63, 3.8) is 0 Å². The lowest BCUT2D eigenvalue weighted by molar-refractivity contribution is 0.569. The molecule has 2 aromatic carbocycles. The zero-order valence-corrected chi connectivity index (χ0v) is 17.4. The van der Waals surface area contributed by atoms with E-state index in [2.05, 4.69) is 16.3 Å². The average molecular weight is 423 g/mol. The maximum Gasteiger partial charge on any atom is 0.293 e. The van der Waals surface area contributed by atoms with Gasteiger partial charge < -0.3 is 0 Å². The van der Waals surface area contributed by atoms with Crippen LogP contribution in [0.2, 0.25) is 5.02 Å². The van der Waals surface area contributed by atoms with Crippen LogP contribution in [0.5, 0.6) is 0 Å². The highest BCUT2D eigenvalue weighted by atomic mass is 35.5. The molecule has 0 radical (unpaired) electrons. The first kappa shape index (κ1) is 19.0. The van der Waals surface area contributed by atoms with Gasteiger partial charge >= 0.3 is 0 Å². The van der Waals surface area contributed by atoms with Crippen LogP contribution in [0.4, 0.5) is 4.39 Å². The topological polar surface area (TPSA) is 52.7 Å². The summed E-state index contributed by atoms with van der Waals surface area (Å²) in [4.78, 5) is 13.5. The first-order chi connectivity index (χ1) is 14.4. The highest BCUT2D eigenvalue weighted by Gasteiger charge is 2.30. The summed E-state index contributed by atoms with van der Waals surface area (Å²) in [6.45, 7) is 3.99. The van der Waals surface area contributed by atoms with E-state index >= 15 is 0 Å². The smallest absolute Gasteiger partial charge is 0.265 e. The first-order valence-electron chi connectivity index (χ1n) is 9.93. The molecule has 0 spiro atoms. The molecular formula is C23H20ClFN4O. The summed E-state index contributed by atoms with van der Waals surface area (Å²) in [5, 5.41) is 10.2. The third-order valence-corrected chi connectivity index (χ3v) is 5.98. The molecule has 7 heteroatoms. The summed E-state index contributed by atoms with van der Waals surface area (Å²) in [7, 11) is 0. The zero-order valence-electron chi connectivity index (χ0n) is 16.7. The number of hydrogen-bond donors (Lipinski definition) is 0. The molecule has 0 amide bonds. The van der Waals surface area contributed by atoms with Crippen LogP contribution in [0.1, 0.15) is 41.1 Å². The largest absolute Gasteiger partial charge is 0.293 e. The van der Waals surface area contributed by atoms with Gasteiger partial charge in [0.15, 0.2) is 0 Å². The summed E-state index contributed by atoms with van der Waals surface area (Å²) < 4.78 is 17.4. The van der Waals surface area contributed by atoms with Crippen LogP contribution in [0.25, 0.3) is 16.6 Å². The van der Waals surface area contributed by atoms with E-state index in [-0.39, 0.29) is 22.7 Å². The minimum absolute atomic E-state index is 0.0297. The molecule has 152 valence electrons. The number of aromatic nitrogens is 4.